The van der Waals surface area contributed by atoms with Crippen molar-refractivity contribution in [1.29, 1.82) is 0 Å². The van der Waals surface area contributed by atoms with Crippen LogP contribution in [0.1, 0.15) is 31.7 Å². The van der Waals surface area contributed by atoms with Crippen LogP contribution in [0.2, 0.25) is 5.02 Å². The number of unbranched alkanes of at least 4 members (excludes halogenated alkanes) is 2. The van der Waals surface area contributed by atoms with E-state index < -0.39 is 0 Å². The van der Waals surface area contributed by atoms with Crippen LogP contribution < -0.4 is 0 Å². The van der Waals surface area contributed by atoms with E-state index in [1.165, 1.54) is 12.8 Å². The van der Waals surface area contributed by atoms with Gasteiger partial charge in [-0.2, -0.15) is 6.42 Å². The molecule has 0 aliphatic rings. The molecule has 1 aromatic rings. The van der Waals surface area contributed by atoms with Gasteiger partial charge in [-0.15, -0.1) is 17.0 Å². The van der Waals surface area contributed by atoms with Crippen molar-refractivity contribution in [3.8, 4) is 0 Å². The van der Waals surface area contributed by atoms with Crippen molar-refractivity contribution in [3.05, 3.63) is 41.8 Å². The van der Waals surface area contributed by atoms with E-state index in [4.69, 9.17) is 11.6 Å². The van der Waals surface area contributed by atoms with Crippen LogP contribution in [0, 0.1) is 13.8 Å². The van der Waals surface area contributed by atoms with Crippen LogP contribution in [0.3, 0.4) is 0 Å². The molecule has 1 rings (SSSR count). The first-order chi connectivity index (χ1) is 6.22. The zero-order valence-corrected chi connectivity index (χ0v) is 15.1. The molecule has 0 saturated heterocycles. The third-order valence-corrected chi connectivity index (χ3v) is 2.10. The van der Waals surface area contributed by atoms with E-state index in [0.29, 0.717) is 0 Å². The molecule has 0 amide bonds. The van der Waals surface area contributed by atoms with Gasteiger partial charge in [0.1, 0.15) is 0 Å². The Morgan fingerprint density at radius 1 is 1.27 bits per heavy atom. The van der Waals surface area contributed by atoms with Gasteiger partial charge in [-0.25, -0.2) is 0 Å². The van der Waals surface area contributed by atoms with Crippen LogP contribution in [-0.4, -0.2) is 0 Å². The van der Waals surface area contributed by atoms with Crippen molar-refractivity contribution in [1.82, 2.24) is 0 Å². The van der Waals surface area contributed by atoms with Gasteiger partial charge in [0.15, 0.2) is 0 Å². The minimum atomic E-state index is 0. The van der Waals surface area contributed by atoms with Crippen LogP contribution in [0.5, 0.6) is 0 Å². The maximum Gasteiger partial charge on any atom is 0.0435 e. The normalized spacial score (nSPS) is 7.73. The van der Waals surface area contributed by atoms with Crippen molar-refractivity contribution >= 4 is 28.6 Å². The molecule has 15 heavy (non-hydrogen) atoms. The van der Waals surface area contributed by atoms with Gasteiger partial charge < -0.3 is 6.92 Å². The fraction of sp³-hybridized carbons (Fsp3) is 0.417. The Balaban J connectivity index is -0.000000185. The first kappa shape index (κ1) is 21.0. The van der Waals surface area contributed by atoms with Gasteiger partial charge in [0.25, 0.3) is 0 Å². The molecule has 0 aliphatic heterocycles. The molecule has 0 aliphatic carbocycles. The van der Waals surface area contributed by atoms with Crippen LogP contribution in [0.15, 0.2) is 24.3 Å². The minimum Gasteiger partial charge on any atom is -0.343 e. The zero-order chi connectivity index (χ0) is 10.1. The molecule has 0 unspecified atom stereocenters. The summed E-state index contributed by atoms with van der Waals surface area (Å²) < 4.78 is 0. The van der Waals surface area contributed by atoms with E-state index in [1.54, 1.807) is 0 Å². The molecule has 0 N–H and O–H groups in total. The van der Waals surface area contributed by atoms with Crippen molar-refractivity contribution in [2.75, 3.05) is 0 Å². The zero-order valence-electron chi connectivity index (χ0n) is 9.63. The topological polar surface area (TPSA) is 0 Å². The molecule has 0 fully saturated rings. The average molecular weight is 344 g/mol. The third kappa shape index (κ3) is 12.5. The second kappa shape index (κ2) is 14.6. The smallest absolute Gasteiger partial charge is 0.0435 e. The Bertz CT molecular complexity index is 206. The largest absolute Gasteiger partial charge is 0.343 e. The van der Waals surface area contributed by atoms with Gasteiger partial charge in [0.2, 0.25) is 0 Å². The molecule has 0 aromatic heterocycles. The van der Waals surface area contributed by atoms with E-state index >= 15 is 0 Å². The fourth-order valence-electron chi connectivity index (χ4n) is 0.801. The average Bonchev–Trinajstić information content (AvgIpc) is 2.13. The predicted octanol–water partition coefficient (Wildman–Crippen LogP) is 5.23. The number of hydrogen-bond acceptors (Lipinski definition) is 0. The monoisotopic (exact) mass is 341 g/mol. The van der Waals surface area contributed by atoms with Crippen molar-refractivity contribution < 1.29 is 19.5 Å². The second-order valence-corrected chi connectivity index (χ2v) is 3.36. The number of halogens is 2. The summed E-state index contributed by atoms with van der Waals surface area (Å²) in [6.07, 6.45) is 3.65. The summed E-state index contributed by atoms with van der Waals surface area (Å²) in [5.41, 5.74) is 1.13. The summed E-state index contributed by atoms with van der Waals surface area (Å²) in [6.45, 7) is 7.84. The van der Waals surface area contributed by atoms with E-state index in [0.717, 1.165) is 17.0 Å². The number of rotatable bonds is 2. The molecule has 0 atom stereocenters. The Hall–Kier alpha value is 0.613. The van der Waals surface area contributed by atoms with Gasteiger partial charge in [0, 0.05) is 24.5 Å². The number of aryl methyl sites for hydroxylation is 1. The van der Waals surface area contributed by atoms with E-state index in [1.807, 2.05) is 31.2 Å². The van der Waals surface area contributed by atoms with Crippen molar-refractivity contribution in [2.45, 2.75) is 33.1 Å². The second-order valence-electron chi connectivity index (χ2n) is 2.96. The molecule has 3 heteroatoms. The molecular formula is C12H19BrClZn-. The minimum absolute atomic E-state index is 0. The van der Waals surface area contributed by atoms with E-state index in [9.17, 15) is 0 Å². The standard InChI is InChI=1S/C7H7Cl.C5H11.BrH.Zn/c1-6-4-2-3-5-7(6)8;1-3-5-4-2;;/h2-5H,1H3;1,3-5H2,2H3;1H;/q;-1;;. The SMILES string of the molecule is Br.Cc1ccccc1Cl.[CH2-]CCCC.[Zn]. The summed E-state index contributed by atoms with van der Waals surface area (Å²) in [7, 11) is 0. The quantitative estimate of drug-likeness (QED) is 0.509. The molecule has 1 aromatic carbocycles. The molecular weight excluding hydrogens is 325 g/mol. The summed E-state index contributed by atoms with van der Waals surface area (Å²) in [5, 5.41) is 0.840. The van der Waals surface area contributed by atoms with Gasteiger partial charge in [-0.05, 0) is 18.6 Å². The Kier molecular flexibility index (Phi) is 20.4. The molecule has 0 bridgehead atoms. The predicted molar refractivity (Wildman–Crippen MR) is 71.4 cm³/mol. The van der Waals surface area contributed by atoms with Gasteiger partial charge in [0.05, 0.1) is 0 Å². The Morgan fingerprint density at radius 3 is 2.00 bits per heavy atom. The van der Waals surface area contributed by atoms with Crippen LogP contribution in [0.25, 0.3) is 0 Å². The number of hydrogen-bond donors (Lipinski definition) is 0. The molecule has 0 radical (unpaired) electrons. The maximum atomic E-state index is 5.71. The summed E-state index contributed by atoms with van der Waals surface area (Å²) in [4.78, 5) is 0. The van der Waals surface area contributed by atoms with Gasteiger partial charge >= 0.3 is 0 Å². The van der Waals surface area contributed by atoms with Gasteiger partial charge in [-0.1, -0.05) is 49.6 Å². The molecule has 0 nitrogen and oxygen atoms in total. The third-order valence-electron chi connectivity index (χ3n) is 1.68. The van der Waals surface area contributed by atoms with Crippen LogP contribution in [-0.2, 0) is 19.5 Å². The van der Waals surface area contributed by atoms with Crippen molar-refractivity contribution in [2.24, 2.45) is 0 Å². The summed E-state index contributed by atoms with van der Waals surface area (Å²) in [5.74, 6) is 0. The first-order valence-electron chi connectivity index (χ1n) is 4.72. The summed E-state index contributed by atoms with van der Waals surface area (Å²) >= 11 is 5.71. The maximum absolute atomic E-state index is 5.71. The van der Waals surface area contributed by atoms with Crippen LogP contribution >= 0.6 is 28.6 Å². The Labute approximate surface area is 122 Å². The molecule has 0 heterocycles. The first-order valence-corrected chi connectivity index (χ1v) is 5.10. The molecule has 0 saturated carbocycles. The summed E-state index contributed by atoms with van der Waals surface area (Å²) in [6, 6.07) is 7.77. The van der Waals surface area contributed by atoms with Crippen LogP contribution in [0.4, 0.5) is 0 Å². The molecule has 84 valence electrons. The fourth-order valence-corrected chi connectivity index (χ4v) is 0.937. The van der Waals surface area contributed by atoms with Crippen molar-refractivity contribution in [3.63, 3.8) is 0 Å². The van der Waals surface area contributed by atoms with Gasteiger partial charge in [-0.3, -0.25) is 0 Å². The molecule has 0 spiro atoms. The van der Waals surface area contributed by atoms with E-state index in [2.05, 4.69) is 13.8 Å². The number of benzene rings is 1. The van der Waals surface area contributed by atoms with E-state index in [-0.39, 0.29) is 36.5 Å². The Morgan fingerprint density at radius 2 is 1.80 bits per heavy atom.